The number of carbonyl (C=O) groups is 1. The van der Waals surface area contributed by atoms with E-state index in [4.69, 9.17) is 9.79 Å². The topological polar surface area (TPSA) is 115 Å². The molecule has 0 aromatic heterocycles. The quantitative estimate of drug-likeness (QED) is 0.488. The van der Waals surface area contributed by atoms with Crippen LogP contribution in [0.1, 0.15) is 15.9 Å². The number of phenols is 2. The molecule has 2 aromatic rings. The van der Waals surface area contributed by atoms with Crippen molar-refractivity contribution in [3.8, 4) is 11.5 Å². The molecule has 6 nitrogen and oxygen atoms in total. The minimum atomic E-state index is -4.45. The molecular formula is C14H13O6PS. The molecule has 0 heterocycles. The SMILES string of the molecule is O=C(Cc1cccc(O)c1)c1ccc(O)cc1SP(=O)(O)O. The molecule has 0 atom stereocenters. The molecule has 0 aliphatic rings. The van der Waals surface area contributed by atoms with Crippen LogP contribution in [0.4, 0.5) is 0 Å². The van der Waals surface area contributed by atoms with E-state index in [0.717, 1.165) is 6.07 Å². The zero-order chi connectivity index (χ0) is 16.3. The first-order valence-corrected chi connectivity index (χ1v) is 9.17. The molecule has 0 saturated carbocycles. The van der Waals surface area contributed by atoms with E-state index in [2.05, 4.69) is 0 Å². The van der Waals surface area contributed by atoms with Gasteiger partial charge in [0.2, 0.25) is 0 Å². The minimum absolute atomic E-state index is 0.0125. The normalized spacial score (nSPS) is 11.4. The van der Waals surface area contributed by atoms with Crippen molar-refractivity contribution in [1.29, 1.82) is 0 Å². The van der Waals surface area contributed by atoms with Crippen LogP contribution < -0.4 is 0 Å². The number of ketones is 1. The lowest BCUT2D eigenvalue weighted by molar-refractivity contribution is 0.0990. The predicted molar refractivity (Wildman–Crippen MR) is 82.1 cm³/mol. The smallest absolute Gasteiger partial charge is 0.388 e. The van der Waals surface area contributed by atoms with Gasteiger partial charge in [-0.15, -0.1) is 0 Å². The molecule has 22 heavy (non-hydrogen) atoms. The van der Waals surface area contributed by atoms with E-state index < -0.39 is 6.80 Å². The molecule has 2 aromatic carbocycles. The highest BCUT2D eigenvalue weighted by atomic mass is 32.7. The zero-order valence-electron chi connectivity index (χ0n) is 11.2. The number of phenolic OH excluding ortho intramolecular Hbond substituents is 2. The standard InChI is InChI=1S/C14H13O6PS/c15-10-3-1-2-9(6-10)7-13(17)12-5-4-11(16)8-14(12)22-21(18,19)20/h1-6,8,15-16H,7H2,(H2,18,19,20). The van der Waals surface area contributed by atoms with Gasteiger partial charge in [0.05, 0.1) is 0 Å². The number of carbonyl (C=O) groups excluding carboxylic acids is 1. The predicted octanol–water partition coefficient (Wildman–Crippen LogP) is 2.71. The summed E-state index contributed by atoms with van der Waals surface area (Å²) < 4.78 is 11.1. The second kappa shape index (κ2) is 6.54. The molecular weight excluding hydrogens is 327 g/mol. The first-order chi connectivity index (χ1) is 10.2. The van der Waals surface area contributed by atoms with Crippen LogP contribution in [-0.4, -0.2) is 25.8 Å². The van der Waals surface area contributed by atoms with Gasteiger partial charge < -0.3 is 20.0 Å². The lowest BCUT2D eigenvalue weighted by atomic mass is 10.0. The third-order valence-electron chi connectivity index (χ3n) is 2.76. The third-order valence-corrected chi connectivity index (χ3v) is 4.83. The minimum Gasteiger partial charge on any atom is -0.508 e. The van der Waals surface area contributed by atoms with Gasteiger partial charge in [0.15, 0.2) is 5.78 Å². The monoisotopic (exact) mass is 340 g/mol. The molecule has 0 bridgehead atoms. The zero-order valence-corrected chi connectivity index (χ0v) is 12.9. The fourth-order valence-corrected chi connectivity index (χ4v) is 3.82. The van der Waals surface area contributed by atoms with E-state index in [9.17, 15) is 19.6 Å². The largest absolute Gasteiger partial charge is 0.508 e. The Morgan fingerprint density at radius 1 is 1.05 bits per heavy atom. The fourth-order valence-electron chi connectivity index (χ4n) is 1.89. The van der Waals surface area contributed by atoms with Crippen molar-refractivity contribution in [2.75, 3.05) is 0 Å². The van der Waals surface area contributed by atoms with Gasteiger partial charge in [-0.2, -0.15) is 0 Å². The first-order valence-electron chi connectivity index (χ1n) is 6.14. The maximum absolute atomic E-state index is 12.3. The molecule has 0 spiro atoms. The Balaban J connectivity index is 2.31. The van der Waals surface area contributed by atoms with Gasteiger partial charge in [0, 0.05) is 16.9 Å². The Bertz CT molecular complexity index is 755. The van der Waals surface area contributed by atoms with Crippen molar-refractivity contribution in [2.45, 2.75) is 11.3 Å². The summed E-state index contributed by atoms with van der Waals surface area (Å²) in [5.74, 6) is -0.535. The molecule has 8 heteroatoms. The molecule has 0 fully saturated rings. The molecule has 0 saturated heterocycles. The van der Waals surface area contributed by atoms with E-state index in [1.807, 2.05) is 0 Å². The number of benzene rings is 2. The second-order valence-electron chi connectivity index (χ2n) is 4.53. The van der Waals surface area contributed by atoms with Crippen LogP contribution in [0.15, 0.2) is 47.4 Å². The summed E-state index contributed by atoms with van der Waals surface area (Å²) in [5, 5.41) is 18.8. The number of rotatable bonds is 5. The molecule has 0 radical (unpaired) electrons. The summed E-state index contributed by atoms with van der Waals surface area (Å²) in [6.45, 7) is -4.45. The van der Waals surface area contributed by atoms with E-state index in [0.29, 0.717) is 5.56 Å². The van der Waals surface area contributed by atoms with Crippen molar-refractivity contribution in [3.05, 3.63) is 53.6 Å². The van der Waals surface area contributed by atoms with E-state index in [-0.39, 0.29) is 45.5 Å². The van der Waals surface area contributed by atoms with Gasteiger partial charge in [-0.3, -0.25) is 4.79 Å². The van der Waals surface area contributed by atoms with Crippen LogP contribution in [0.25, 0.3) is 0 Å². The van der Waals surface area contributed by atoms with Crippen molar-refractivity contribution in [3.63, 3.8) is 0 Å². The van der Waals surface area contributed by atoms with Crippen LogP contribution in [0, 0.1) is 0 Å². The molecule has 0 aliphatic carbocycles. The van der Waals surface area contributed by atoms with Crippen molar-refractivity contribution in [2.24, 2.45) is 0 Å². The molecule has 116 valence electrons. The Morgan fingerprint density at radius 2 is 1.73 bits per heavy atom. The summed E-state index contributed by atoms with van der Waals surface area (Å²) >= 11 is 0.220. The summed E-state index contributed by atoms with van der Waals surface area (Å²) in [6.07, 6.45) is -0.0338. The van der Waals surface area contributed by atoms with Gasteiger partial charge in [0.1, 0.15) is 11.5 Å². The molecule has 2 rings (SSSR count). The van der Waals surface area contributed by atoms with E-state index >= 15 is 0 Å². The van der Waals surface area contributed by atoms with Gasteiger partial charge >= 0.3 is 6.80 Å². The van der Waals surface area contributed by atoms with Crippen LogP contribution in [-0.2, 0) is 11.0 Å². The second-order valence-corrected chi connectivity index (χ2v) is 8.11. The van der Waals surface area contributed by atoms with Crippen molar-refractivity contribution in [1.82, 2.24) is 0 Å². The van der Waals surface area contributed by atoms with Gasteiger partial charge in [-0.1, -0.05) is 12.1 Å². The highest BCUT2D eigenvalue weighted by Crippen LogP contribution is 2.55. The Kier molecular flexibility index (Phi) is 4.93. The molecule has 0 unspecified atom stereocenters. The first kappa shape index (κ1) is 16.6. The van der Waals surface area contributed by atoms with Crippen molar-refractivity contribution < 1.29 is 29.4 Å². The average molecular weight is 340 g/mol. The molecule has 0 amide bonds. The maximum Gasteiger partial charge on any atom is 0.388 e. The number of aromatic hydroxyl groups is 2. The van der Waals surface area contributed by atoms with Crippen LogP contribution >= 0.6 is 18.2 Å². The molecule has 0 aliphatic heterocycles. The van der Waals surface area contributed by atoms with Crippen LogP contribution in [0.2, 0.25) is 0 Å². The summed E-state index contributed by atoms with van der Waals surface area (Å²) in [5.41, 5.74) is 0.680. The van der Waals surface area contributed by atoms with Gasteiger partial charge in [-0.05, 0) is 47.3 Å². The average Bonchev–Trinajstić information content (AvgIpc) is 2.36. The summed E-state index contributed by atoms with van der Waals surface area (Å²) in [6, 6.07) is 9.91. The maximum atomic E-state index is 12.3. The summed E-state index contributed by atoms with van der Waals surface area (Å²) in [4.78, 5) is 30.4. The van der Waals surface area contributed by atoms with Crippen molar-refractivity contribution >= 4 is 24.0 Å². The Labute approximate surface area is 130 Å². The Morgan fingerprint density at radius 3 is 2.36 bits per heavy atom. The van der Waals surface area contributed by atoms with Gasteiger partial charge in [-0.25, -0.2) is 4.57 Å². The Hall–Kier alpha value is -1.79. The lowest BCUT2D eigenvalue weighted by Gasteiger charge is -2.10. The van der Waals surface area contributed by atoms with E-state index in [1.54, 1.807) is 12.1 Å². The molecule has 4 N–H and O–H groups in total. The fraction of sp³-hybridized carbons (Fsp3) is 0.0714. The number of hydrogen-bond donors (Lipinski definition) is 4. The summed E-state index contributed by atoms with van der Waals surface area (Å²) in [7, 11) is 0. The van der Waals surface area contributed by atoms with Gasteiger partial charge in [0.25, 0.3) is 0 Å². The highest BCUT2D eigenvalue weighted by molar-refractivity contribution is 8.54. The van der Waals surface area contributed by atoms with Crippen LogP contribution in [0.5, 0.6) is 11.5 Å². The van der Waals surface area contributed by atoms with E-state index in [1.165, 1.54) is 24.3 Å². The van der Waals surface area contributed by atoms with Crippen LogP contribution in [0.3, 0.4) is 0 Å². The third kappa shape index (κ3) is 4.61. The number of Topliss-reactive ketones (excluding diaryl/α,β-unsaturated/α-hetero) is 1. The highest BCUT2D eigenvalue weighted by Gasteiger charge is 2.21. The lowest BCUT2D eigenvalue weighted by Crippen LogP contribution is -2.05. The number of hydrogen-bond acceptors (Lipinski definition) is 5.